The number of aliphatic imine (C=N–C) groups is 1. The van der Waals surface area contributed by atoms with Gasteiger partial charge in [0, 0.05) is 34.7 Å². The fourth-order valence-corrected chi connectivity index (χ4v) is 4.14. The Kier molecular flexibility index (Phi) is 3.51. The van der Waals surface area contributed by atoms with Crippen LogP contribution >= 0.6 is 11.9 Å². The van der Waals surface area contributed by atoms with Gasteiger partial charge in [0.05, 0.1) is 5.71 Å². The van der Waals surface area contributed by atoms with Gasteiger partial charge in [-0.1, -0.05) is 19.4 Å². The minimum absolute atomic E-state index is 0.116. The van der Waals surface area contributed by atoms with Crippen LogP contribution in [-0.2, 0) is 0 Å². The quantitative estimate of drug-likeness (QED) is 0.784. The number of halogens is 1. The summed E-state index contributed by atoms with van der Waals surface area (Å²) in [6.45, 7) is 2.21. The molecule has 1 aromatic carbocycles. The van der Waals surface area contributed by atoms with Crippen LogP contribution in [0.1, 0.15) is 43.4 Å². The molecule has 3 aliphatic rings. The maximum Gasteiger partial charge on any atom is 0.106 e. The molecule has 0 amide bonds. The van der Waals surface area contributed by atoms with Gasteiger partial charge in [0.25, 0.3) is 0 Å². The highest BCUT2D eigenvalue weighted by Crippen LogP contribution is 2.41. The first-order chi connectivity index (χ1) is 10.8. The lowest BCUT2D eigenvalue weighted by Gasteiger charge is -2.14. The van der Waals surface area contributed by atoms with Crippen LogP contribution in [0.2, 0.25) is 0 Å². The van der Waals surface area contributed by atoms with Gasteiger partial charge in [-0.05, 0) is 53.8 Å². The maximum absolute atomic E-state index is 13.4. The maximum atomic E-state index is 13.4. The fraction of sp³-hybridized carbons (Fsp3) is 0.278. The Labute approximate surface area is 134 Å². The number of rotatable bonds is 3. The molecule has 0 radical (unpaired) electrons. The van der Waals surface area contributed by atoms with Crippen molar-refractivity contribution in [2.45, 2.75) is 37.1 Å². The van der Waals surface area contributed by atoms with Gasteiger partial charge in [0.15, 0.2) is 0 Å². The lowest BCUT2D eigenvalue weighted by atomic mass is 9.90. The molecule has 22 heavy (non-hydrogen) atoms. The summed E-state index contributed by atoms with van der Waals surface area (Å²) >= 11 is 1.72. The van der Waals surface area contributed by atoms with Crippen molar-refractivity contribution in [3.05, 3.63) is 59.1 Å². The summed E-state index contributed by atoms with van der Waals surface area (Å²) in [5, 5.41) is 0. The largest absolute Gasteiger partial charge is 0.260 e. The zero-order valence-corrected chi connectivity index (χ0v) is 13.2. The van der Waals surface area contributed by atoms with Crippen LogP contribution in [0.25, 0.3) is 5.57 Å². The Morgan fingerprint density at radius 3 is 3.09 bits per heavy atom. The number of hydrogen-bond donors (Lipinski definition) is 1. The van der Waals surface area contributed by atoms with Crippen LogP contribution in [0, 0.1) is 0 Å². The van der Waals surface area contributed by atoms with Crippen LogP contribution in [-0.4, -0.2) is 5.71 Å². The second-order valence-corrected chi connectivity index (χ2v) is 6.68. The molecule has 2 heterocycles. The van der Waals surface area contributed by atoms with Crippen molar-refractivity contribution in [2.24, 2.45) is 4.99 Å². The van der Waals surface area contributed by atoms with E-state index in [1.807, 2.05) is 12.3 Å². The van der Waals surface area contributed by atoms with E-state index < -0.39 is 0 Å². The first-order valence-corrected chi connectivity index (χ1v) is 8.48. The molecule has 1 aliphatic carbocycles. The average molecular weight is 312 g/mol. The van der Waals surface area contributed by atoms with E-state index in [1.165, 1.54) is 16.0 Å². The second-order valence-electron chi connectivity index (χ2n) is 5.80. The van der Waals surface area contributed by atoms with Gasteiger partial charge in [-0.3, -0.25) is 9.71 Å². The topological polar surface area (TPSA) is 24.4 Å². The average Bonchev–Trinajstić information content (AvgIpc) is 3.11. The molecule has 4 heteroatoms. The molecule has 0 aromatic heterocycles. The number of allylic oxidation sites excluding steroid dienone is 5. The molecule has 1 N–H and O–H groups in total. The Bertz CT molecular complexity index is 756. The molecule has 0 spiro atoms. The predicted molar refractivity (Wildman–Crippen MR) is 90.4 cm³/mol. The monoisotopic (exact) mass is 312 g/mol. The van der Waals surface area contributed by atoms with Gasteiger partial charge in [-0.2, -0.15) is 0 Å². The van der Waals surface area contributed by atoms with Crippen molar-refractivity contribution < 1.29 is 4.39 Å². The predicted octanol–water partition coefficient (Wildman–Crippen LogP) is 5.12. The molecular formula is C18H17FN2S. The molecule has 0 saturated heterocycles. The summed E-state index contributed by atoms with van der Waals surface area (Å²) in [5.74, 6) is -0.116. The molecule has 1 aromatic rings. The third kappa shape index (κ3) is 2.27. The third-order valence-electron chi connectivity index (χ3n) is 4.30. The molecule has 1 atom stereocenters. The minimum Gasteiger partial charge on any atom is -0.260 e. The first kappa shape index (κ1) is 14.0. The normalized spacial score (nSPS) is 22.5. The Morgan fingerprint density at radius 1 is 1.32 bits per heavy atom. The van der Waals surface area contributed by atoms with Crippen molar-refractivity contribution in [1.82, 2.24) is 4.72 Å². The minimum atomic E-state index is -0.116. The van der Waals surface area contributed by atoms with Crippen LogP contribution in [0.15, 0.2) is 57.8 Å². The van der Waals surface area contributed by atoms with E-state index in [4.69, 9.17) is 0 Å². The molecule has 2 nitrogen and oxygen atoms in total. The van der Waals surface area contributed by atoms with E-state index in [0.29, 0.717) is 12.5 Å². The summed E-state index contributed by atoms with van der Waals surface area (Å²) in [5.41, 5.74) is 5.55. The highest BCUT2D eigenvalue weighted by atomic mass is 32.2. The van der Waals surface area contributed by atoms with Gasteiger partial charge in [-0.25, -0.2) is 4.39 Å². The van der Waals surface area contributed by atoms with Crippen LogP contribution in [0.3, 0.4) is 0 Å². The van der Waals surface area contributed by atoms with Crippen molar-refractivity contribution in [1.29, 1.82) is 0 Å². The van der Waals surface area contributed by atoms with Gasteiger partial charge in [-0.15, -0.1) is 0 Å². The number of benzene rings is 1. The van der Waals surface area contributed by atoms with Crippen LogP contribution in [0.4, 0.5) is 4.39 Å². The molecule has 0 saturated carbocycles. The van der Waals surface area contributed by atoms with Crippen LogP contribution in [0.5, 0.6) is 0 Å². The molecule has 1 unspecified atom stereocenters. The zero-order valence-electron chi connectivity index (χ0n) is 12.4. The van der Waals surface area contributed by atoms with Crippen molar-refractivity contribution in [3.63, 3.8) is 0 Å². The van der Waals surface area contributed by atoms with Gasteiger partial charge in [0.1, 0.15) is 5.83 Å². The second kappa shape index (κ2) is 5.52. The smallest absolute Gasteiger partial charge is 0.106 e. The van der Waals surface area contributed by atoms with Crippen LogP contribution < -0.4 is 4.72 Å². The lowest BCUT2D eigenvalue weighted by molar-refractivity contribution is 0.608. The van der Waals surface area contributed by atoms with E-state index in [0.717, 1.165) is 29.7 Å². The summed E-state index contributed by atoms with van der Waals surface area (Å²) in [7, 11) is 0. The molecule has 112 valence electrons. The van der Waals surface area contributed by atoms with E-state index in [-0.39, 0.29) is 5.83 Å². The number of fused-ring (bicyclic) bond motifs is 2. The Morgan fingerprint density at radius 2 is 2.23 bits per heavy atom. The van der Waals surface area contributed by atoms with Gasteiger partial charge in [0.2, 0.25) is 0 Å². The van der Waals surface area contributed by atoms with Crippen molar-refractivity contribution >= 4 is 23.2 Å². The molecule has 0 bridgehead atoms. The SMILES string of the molecule is CCCC1NSc2ccc(C3=CN=C4CC(F)=CC=C34)cc21. The van der Waals surface area contributed by atoms with Gasteiger partial charge >= 0.3 is 0 Å². The number of hydrogen-bond acceptors (Lipinski definition) is 3. The zero-order chi connectivity index (χ0) is 15.1. The highest BCUT2D eigenvalue weighted by molar-refractivity contribution is 7.97. The molecular weight excluding hydrogens is 295 g/mol. The summed E-state index contributed by atoms with van der Waals surface area (Å²) in [6.07, 6.45) is 7.89. The van der Waals surface area contributed by atoms with Crippen molar-refractivity contribution in [3.8, 4) is 0 Å². The first-order valence-electron chi connectivity index (χ1n) is 7.67. The third-order valence-corrected chi connectivity index (χ3v) is 5.30. The fourth-order valence-electron chi connectivity index (χ4n) is 3.17. The van der Waals surface area contributed by atoms with E-state index in [1.54, 1.807) is 18.0 Å². The Hall–Kier alpha value is -1.65. The number of nitrogens with one attached hydrogen (secondary N) is 1. The molecule has 4 rings (SSSR count). The lowest BCUT2D eigenvalue weighted by Crippen LogP contribution is -2.07. The molecule has 2 aliphatic heterocycles. The highest BCUT2D eigenvalue weighted by Gasteiger charge is 2.26. The molecule has 0 fully saturated rings. The van der Waals surface area contributed by atoms with E-state index >= 15 is 0 Å². The van der Waals surface area contributed by atoms with Crippen molar-refractivity contribution in [2.75, 3.05) is 0 Å². The summed E-state index contributed by atoms with van der Waals surface area (Å²) in [6, 6.07) is 7.01. The van der Waals surface area contributed by atoms with E-state index in [9.17, 15) is 4.39 Å². The van der Waals surface area contributed by atoms with Gasteiger partial charge < -0.3 is 0 Å². The standard InChI is InChI=1S/C18H17FN2S/c1-2-3-16-14-8-11(4-7-18(14)22-21-16)15-10-20-17-9-12(19)5-6-13(15)17/h4-8,10,16,21H,2-3,9H2,1H3. The summed E-state index contributed by atoms with van der Waals surface area (Å²) < 4.78 is 16.9. The van der Waals surface area contributed by atoms with E-state index in [2.05, 4.69) is 34.8 Å². The Balaban J connectivity index is 1.69. The summed E-state index contributed by atoms with van der Waals surface area (Å²) in [4.78, 5) is 5.71. The number of nitrogens with zero attached hydrogens (tertiary/aromatic N) is 1.